The predicted octanol–water partition coefficient (Wildman–Crippen LogP) is 1.88. The molecule has 0 aromatic heterocycles. The Bertz CT molecular complexity index is 250. The van der Waals surface area contributed by atoms with E-state index in [1.54, 1.807) is 0 Å². The van der Waals surface area contributed by atoms with E-state index in [0.29, 0.717) is 11.3 Å². The molecule has 1 unspecified atom stereocenters. The van der Waals surface area contributed by atoms with E-state index in [2.05, 4.69) is 31.4 Å². The molecule has 2 amide bonds. The lowest BCUT2D eigenvalue weighted by Gasteiger charge is -2.38. The molecule has 0 aliphatic heterocycles. The highest BCUT2D eigenvalue weighted by Gasteiger charge is 2.31. The third kappa shape index (κ3) is 4.94. The predicted molar refractivity (Wildman–Crippen MR) is 68.8 cm³/mol. The smallest absolute Gasteiger partial charge is 0.315 e. The Balaban J connectivity index is 2.22. The minimum absolute atomic E-state index is 0.00285. The third-order valence-corrected chi connectivity index (χ3v) is 3.55. The van der Waals surface area contributed by atoms with Crippen LogP contribution in [0.1, 0.15) is 46.5 Å². The molecule has 1 atom stereocenters. The molecule has 0 bridgehead atoms. The van der Waals surface area contributed by atoms with Crippen LogP contribution >= 0.6 is 0 Å². The summed E-state index contributed by atoms with van der Waals surface area (Å²) in [7, 11) is 0. The molecule has 100 valence electrons. The Hall–Kier alpha value is -0.770. The fourth-order valence-corrected chi connectivity index (χ4v) is 2.24. The Morgan fingerprint density at radius 1 is 1.41 bits per heavy atom. The monoisotopic (exact) mass is 242 g/mol. The maximum absolute atomic E-state index is 11.6. The second kappa shape index (κ2) is 6.24. The number of nitrogens with one attached hydrogen (secondary N) is 2. The number of rotatable bonds is 6. The van der Waals surface area contributed by atoms with Gasteiger partial charge >= 0.3 is 6.03 Å². The van der Waals surface area contributed by atoms with Gasteiger partial charge in [-0.3, -0.25) is 0 Å². The standard InChI is InChI=1S/C13H26N2O2/c1-10(2)7-11(8-16)15-12(17)14-9-13(3)5-4-6-13/h10-11,16H,4-9H2,1-3H3,(H2,14,15,17). The maximum Gasteiger partial charge on any atom is 0.315 e. The quantitative estimate of drug-likeness (QED) is 0.666. The van der Waals surface area contributed by atoms with Crippen molar-refractivity contribution in [3.05, 3.63) is 0 Å². The summed E-state index contributed by atoms with van der Waals surface area (Å²) >= 11 is 0. The molecule has 1 rings (SSSR count). The average molecular weight is 242 g/mol. The molecule has 4 heteroatoms. The molecule has 1 fully saturated rings. The van der Waals surface area contributed by atoms with Crippen LogP contribution in [0.2, 0.25) is 0 Å². The van der Waals surface area contributed by atoms with Crippen molar-refractivity contribution < 1.29 is 9.90 Å². The van der Waals surface area contributed by atoms with Crippen molar-refractivity contribution in [2.75, 3.05) is 13.2 Å². The highest BCUT2D eigenvalue weighted by molar-refractivity contribution is 5.74. The van der Waals surface area contributed by atoms with Crippen molar-refractivity contribution in [2.45, 2.75) is 52.5 Å². The summed E-state index contributed by atoms with van der Waals surface area (Å²) in [6.45, 7) is 7.10. The normalized spacial score (nSPS) is 19.6. The summed E-state index contributed by atoms with van der Waals surface area (Å²) in [5.74, 6) is 0.469. The van der Waals surface area contributed by atoms with Gasteiger partial charge in [0.05, 0.1) is 12.6 Å². The zero-order chi connectivity index (χ0) is 12.9. The van der Waals surface area contributed by atoms with Gasteiger partial charge in [-0.15, -0.1) is 0 Å². The van der Waals surface area contributed by atoms with E-state index >= 15 is 0 Å². The van der Waals surface area contributed by atoms with E-state index < -0.39 is 0 Å². The van der Waals surface area contributed by atoms with E-state index in [1.807, 2.05) is 0 Å². The lowest BCUT2D eigenvalue weighted by atomic mass is 9.70. The van der Waals surface area contributed by atoms with Gasteiger partial charge in [-0.2, -0.15) is 0 Å². The van der Waals surface area contributed by atoms with Gasteiger partial charge in [0.15, 0.2) is 0 Å². The average Bonchev–Trinajstić information content (AvgIpc) is 2.22. The van der Waals surface area contributed by atoms with Crippen molar-refractivity contribution in [1.82, 2.24) is 10.6 Å². The van der Waals surface area contributed by atoms with Gasteiger partial charge in [-0.05, 0) is 30.6 Å². The summed E-state index contributed by atoms with van der Waals surface area (Å²) in [6.07, 6.45) is 4.47. The summed E-state index contributed by atoms with van der Waals surface area (Å²) in [4.78, 5) is 11.6. The number of hydrogen-bond acceptors (Lipinski definition) is 2. The molecule has 0 aromatic rings. The largest absolute Gasteiger partial charge is 0.394 e. The van der Waals surface area contributed by atoms with Crippen LogP contribution in [0.5, 0.6) is 0 Å². The number of urea groups is 1. The number of aliphatic hydroxyl groups is 1. The van der Waals surface area contributed by atoms with Crippen LogP contribution in [0, 0.1) is 11.3 Å². The summed E-state index contributed by atoms with van der Waals surface area (Å²) in [5, 5.41) is 14.9. The van der Waals surface area contributed by atoms with Crippen LogP contribution in [0.4, 0.5) is 4.79 Å². The first-order chi connectivity index (χ1) is 7.95. The third-order valence-electron chi connectivity index (χ3n) is 3.55. The molecule has 1 saturated carbocycles. The van der Waals surface area contributed by atoms with Crippen molar-refractivity contribution in [2.24, 2.45) is 11.3 Å². The van der Waals surface area contributed by atoms with Crippen LogP contribution < -0.4 is 10.6 Å². The molecule has 17 heavy (non-hydrogen) atoms. The molecule has 0 saturated heterocycles. The first kappa shape index (κ1) is 14.3. The number of carbonyl (C=O) groups excluding carboxylic acids is 1. The van der Waals surface area contributed by atoms with Gasteiger partial charge in [-0.25, -0.2) is 4.79 Å². The van der Waals surface area contributed by atoms with Gasteiger partial charge in [0.25, 0.3) is 0 Å². The number of amides is 2. The molecule has 0 spiro atoms. The molecule has 3 N–H and O–H groups in total. The molecule has 0 heterocycles. The zero-order valence-electron chi connectivity index (χ0n) is 11.3. The lowest BCUT2D eigenvalue weighted by Crippen LogP contribution is -2.48. The Morgan fingerprint density at radius 3 is 2.47 bits per heavy atom. The van der Waals surface area contributed by atoms with Crippen LogP contribution in [0.15, 0.2) is 0 Å². The van der Waals surface area contributed by atoms with Crippen LogP contribution in [-0.2, 0) is 0 Å². The van der Waals surface area contributed by atoms with Gasteiger partial charge in [0, 0.05) is 6.54 Å². The number of carbonyl (C=O) groups is 1. The maximum atomic E-state index is 11.6. The van der Waals surface area contributed by atoms with Gasteiger partial charge in [0.1, 0.15) is 0 Å². The van der Waals surface area contributed by atoms with E-state index in [1.165, 1.54) is 19.3 Å². The Morgan fingerprint density at radius 2 is 2.06 bits per heavy atom. The molecule has 1 aliphatic carbocycles. The summed E-state index contributed by atoms with van der Waals surface area (Å²) < 4.78 is 0. The number of aliphatic hydroxyl groups excluding tert-OH is 1. The molecular weight excluding hydrogens is 216 g/mol. The fourth-order valence-electron chi connectivity index (χ4n) is 2.24. The first-order valence-electron chi connectivity index (χ1n) is 6.60. The molecule has 1 aliphatic rings. The fraction of sp³-hybridized carbons (Fsp3) is 0.923. The topological polar surface area (TPSA) is 61.4 Å². The van der Waals surface area contributed by atoms with Crippen molar-refractivity contribution in [1.29, 1.82) is 0 Å². The first-order valence-corrected chi connectivity index (χ1v) is 6.60. The van der Waals surface area contributed by atoms with E-state index in [-0.39, 0.29) is 18.7 Å². The second-order valence-electron chi connectivity index (χ2n) is 6.00. The SMILES string of the molecule is CC(C)CC(CO)NC(=O)NCC1(C)CCC1. The zero-order valence-corrected chi connectivity index (χ0v) is 11.3. The summed E-state index contributed by atoms with van der Waals surface area (Å²) in [6, 6.07) is -0.290. The second-order valence-corrected chi connectivity index (χ2v) is 6.00. The lowest BCUT2D eigenvalue weighted by molar-refractivity contribution is 0.154. The molecular formula is C13H26N2O2. The van der Waals surface area contributed by atoms with Gasteiger partial charge in [-0.1, -0.05) is 27.2 Å². The Kier molecular flexibility index (Phi) is 5.25. The number of hydrogen-bond donors (Lipinski definition) is 3. The van der Waals surface area contributed by atoms with Crippen molar-refractivity contribution >= 4 is 6.03 Å². The van der Waals surface area contributed by atoms with Crippen molar-refractivity contribution in [3.63, 3.8) is 0 Å². The molecule has 0 aromatic carbocycles. The van der Waals surface area contributed by atoms with Crippen LogP contribution in [-0.4, -0.2) is 30.3 Å². The minimum atomic E-state index is -0.155. The van der Waals surface area contributed by atoms with Gasteiger partial charge < -0.3 is 15.7 Å². The van der Waals surface area contributed by atoms with Crippen molar-refractivity contribution in [3.8, 4) is 0 Å². The molecule has 4 nitrogen and oxygen atoms in total. The van der Waals surface area contributed by atoms with Crippen LogP contribution in [0.25, 0.3) is 0 Å². The van der Waals surface area contributed by atoms with E-state index in [9.17, 15) is 4.79 Å². The van der Waals surface area contributed by atoms with Gasteiger partial charge in [0.2, 0.25) is 0 Å². The minimum Gasteiger partial charge on any atom is -0.394 e. The Labute approximate surface area is 104 Å². The van der Waals surface area contributed by atoms with E-state index in [4.69, 9.17) is 5.11 Å². The highest BCUT2D eigenvalue weighted by atomic mass is 16.3. The molecule has 0 radical (unpaired) electrons. The highest BCUT2D eigenvalue weighted by Crippen LogP contribution is 2.39. The van der Waals surface area contributed by atoms with E-state index in [0.717, 1.165) is 13.0 Å². The summed E-state index contributed by atoms with van der Waals surface area (Å²) in [5.41, 5.74) is 0.296. The van der Waals surface area contributed by atoms with Crippen LogP contribution in [0.3, 0.4) is 0 Å².